The number of nitrogens with zero attached hydrogens (tertiary/aromatic N) is 5. The van der Waals surface area contributed by atoms with Gasteiger partial charge in [-0.05, 0) is 106 Å². The van der Waals surface area contributed by atoms with Crippen LogP contribution in [0.1, 0.15) is 82.3 Å². The molecule has 54 heavy (non-hydrogen) atoms. The summed E-state index contributed by atoms with van der Waals surface area (Å²) in [6.07, 6.45) is 2.49. The number of amides is 4. The second-order valence-corrected chi connectivity index (χ2v) is 15.0. The third-order valence-corrected chi connectivity index (χ3v) is 11.3. The van der Waals surface area contributed by atoms with Gasteiger partial charge in [-0.15, -0.1) is 0 Å². The van der Waals surface area contributed by atoms with Crippen molar-refractivity contribution in [3.05, 3.63) is 94.4 Å². The van der Waals surface area contributed by atoms with Crippen molar-refractivity contribution < 1.29 is 28.4 Å². The Morgan fingerprint density at radius 2 is 1.76 bits per heavy atom. The Morgan fingerprint density at radius 1 is 1.00 bits per heavy atom. The highest BCUT2D eigenvalue weighted by atomic mass is 16.5. The third kappa shape index (κ3) is 6.22. The number of nitriles is 1. The number of nitrogens with one attached hydrogen (secondary N) is 1. The Bertz CT molecular complexity index is 2210. The zero-order chi connectivity index (χ0) is 37.9. The van der Waals surface area contributed by atoms with E-state index in [9.17, 15) is 24.4 Å². The van der Waals surface area contributed by atoms with Crippen molar-refractivity contribution in [2.75, 3.05) is 29.4 Å². The van der Waals surface area contributed by atoms with Gasteiger partial charge in [0.1, 0.15) is 11.8 Å². The summed E-state index contributed by atoms with van der Waals surface area (Å²) in [6.45, 7) is 9.93. The van der Waals surface area contributed by atoms with E-state index in [1.807, 2.05) is 19.9 Å². The van der Waals surface area contributed by atoms with Gasteiger partial charge in [0.25, 0.3) is 11.8 Å². The molecule has 0 spiro atoms. The largest absolute Gasteiger partial charge is 0.372 e. The number of ether oxygens (including phenoxy) is 1. The minimum Gasteiger partial charge on any atom is -0.372 e. The fraction of sp³-hybridized carbons (Fsp3) is 0.381. The standard InChI is InChI=1S/C42H42N6O6/c1-24-5-6-28(38-26(3)45-54-27(38)4)19-36(24)47(30-9-7-29(8-10-30)42(23-43)16-17-42)21-25(2)53-32-15-18-46(22-32)31-11-12-33-34(20-31)41(52)48(40(33)51)35-13-14-37(49)44-39(35)50/h5-12,19-20,25,32,35H,13-18,21-22H2,1-4H3,(H,44,49,50)/t25?,32-,35?/m1/s1. The molecule has 4 aromatic rings. The molecule has 0 radical (unpaired) electrons. The number of carbonyl (C=O) groups is 4. The first-order valence-electron chi connectivity index (χ1n) is 18.6. The summed E-state index contributed by atoms with van der Waals surface area (Å²) in [4.78, 5) is 56.3. The lowest BCUT2D eigenvalue weighted by Crippen LogP contribution is -2.54. The molecular formula is C42H42N6O6. The SMILES string of the molecule is Cc1ccc(-c2c(C)noc2C)cc1N(CC(C)O[C@@H]1CCN(c2ccc3c(c2)C(=O)N(C2CCC(=O)NC2=O)C3=O)C1)c1ccc(C2(C#N)CC2)cc1. The molecule has 3 aliphatic heterocycles. The van der Waals surface area contributed by atoms with Gasteiger partial charge in [0.15, 0.2) is 0 Å². The normalized spacial score (nSPS) is 20.9. The van der Waals surface area contributed by atoms with Crippen LogP contribution in [0.25, 0.3) is 11.1 Å². The number of fused-ring (bicyclic) bond motifs is 1. The van der Waals surface area contributed by atoms with Crippen LogP contribution in [0.2, 0.25) is 0 Å². The van der Waals surface area contributed by atoms with E-state index in [2.05, 4.69) is 82.7 Å². The number of piperidine rings is 1. The topological polar surface area (TPSA) is 149 Å². The second-order valence-electron chi connectivity index (χ2n) is 15.0. The fourth-order valence-electron chi connectivity index (χ4n) is 8.20. The lowest BCUT2D eigenvalue weighted by Gasteiger charge is -2.31. The summed E-state index contributed by atoms with van der Waals surface area (Å²) < 4.78 is 12.2. The summed E-state index contributed by atoms with van der Waals surface area (Å²) in [6, 6.07) is 21.4. The number of benzene rings is 3. The van der Waals surface area contributed by atoms with Gasteiger partial charge in [-0.2, -0.15) is 5.26 Å². The van der Waals surface area contributed by atoms with Gasteiger partial charge in [-0.1, -0.05) is 29.4 Å². The van der Waals surface area contributed by atoms with Crippen LogP contribution in [0, 0.1) is 32.1 Å². The van der Waals surface area contributed by atoms with Crippen molar-refractivity contribution in [2.24, 2.45) is 0 Å². The number of carbonyl (C=O) groups excluding carboxylic acids is 4. The highest BCUT2D eigenvalue weighted by Crippen LogP contribution is 2.48. The summed E-state index contributed by atoms with van der Waals surface area (Å²) in [5.41, 5.74) is 7.97. The van der Waals surface area contributed by atoms with E-state index in [1.165, 1.54) is 0 Å². The van der Waals surface area contributed by atoms with Crippen molar-refractivity contribution in [3.8, 4) is 17.2 Å². The first-order valence-corrected chi connectivity index (χ1v) is 18.6. The van der Waals surface area contributed by atoms with Crippen LogP contribution in [0.4, 0.5) is 17.1 Å². The van der Waals surface area contributed by atoms with Gasteiger partial charge in [-0.3, -0.25) is 29.4 Å². The van der Waals surface area contributed by atoms with Crippen molar-refractivity contribution in [1.29, 1.82) is 5.26 Å². The third-order valence-electron chi connectivity index (χ3n) is 11.3. The Hall–Kier alpha value is -5.80. The highest BCUT2D eigenvalue weighted by molar-refractivity contribution is 6.23. The minimum absolute atomic E-state index is 0.0735. The number of aromatic nitrogens is 1. The second kappa shape index (κ2) is 13.6. The molecule has 4 amide bonds. The molecule has 2 saturated heterocycles. The van der Waals surface area contributed by atoms with E-state index in [-0.39, 0.29) is 41.6 Å². The summed E-state index contributed by atoms with van der Waals surface area (Å²) in [5, 5.41) is 16.2. The lowest BCUT2D eigenvalue weighted by molar-refractivity contribution is -0.136. The molecule has 12 nitrogen and oxygen atoms in total. The molecule has 12 heteroatoms. The van der Waals surface area contributed by atoms with Crippen LogP contribution in [0.15, 0.2) is 65.2 Å². The molecule has 4 aliphatic rings. The highest BCUT2D eigenvalue weighted by Gasteiger charge is 2.46. The van der Waals surface area contributed by atoms with Crippen molar-refractivity contribution in [3.63, 3.8) is 0 Å². The predicted octanol–water partition coefficient (Wildman–Crippen LogP) is 6.05. The van der Waals surface area contributed by atoms with E-state index in [4.69, 9.17) is 9.26 Å². The number of hydrogen-bond donors (Lipinski definition) is 1. The molecule has 3 aromatic carbocycles. The van der Waals surface area contributed by atoms with Crippen LogP contribution < -0.4 is 15.1 Å². The van der Waals surface area contributed by atoms with E-state index >= 15 is 0 Å². The molecule has 1 aliphatic carbocycles. The van der Waals surface area contributed by atoms with E-state index in [1.54, 1.807) is 12.1 Å². The Labute approximate surface area is 313 Å². The van der Waals surface area contributed by atoms with Gasteiger partial charge < -0.3 is 19.1 Å². The quantitative estimate of drug-likeness (QED) is 0.192. The average molecular weight is 727 g/mol. The average Bonchev–Trinajstić information content (AvgIpc) is 3.61. The predicted molar refractivity (Wildman–Crippen MR) is 200 cm³/mol. The monoisotopic (exact) mass is 726 g/mol. The molecule has 4 heterocycles. The van der Waals surface area contributed by atoms with Gasteiger partial charge in [0.2, 0.25) is 11.8 Å². The molecule has 1 saturated carbocycles. The van der Waals surface area contributed by atoms with Crippen LogP contribution in [-0.2, 0) is 19.7 Å². The number of anilines is 3. The minimum atomic E-state index is -1.00. The van der Waals surface area contributed by atoms with Crippen molar-refractivity contribution >= 4 is 40.7 Å². The maximum absolute atomic E-state index is 13.4. The zero-order valence-electron chi connectivity index (χ0n) is 30.8. The Kier molecular flexibility index (Phi) is 8.85. The van der Waals surface area contributed by atoms with Crippen LogP contribution >= 0.6 is 0 Å². The Balaban J connectivity index is 0.995. The molecule has 1 N–H and O–H groups in total. The van der Waals surface area contributed by atoms with E-state index in [0.29, 0.717) is 19.6 Å². The maximum Gasteiger partial charge on any atom is 0.262 e. The van der Waals surface area contributed by atoms with Crippen molar-refractivity contribution in [2.45, 2.75) is 83.5 Å². The fourth-order valence-corrected chi connectivity index (χ4v) is 8.20. The van der Waals surface area contributed by atoms with Gasteiger partial charge in [-0.25, -0.2) is 0 Å². The molecule has 8 rings (SSSR count). The number of hydrogen-bond acceptors (Lipinski definition) is 10. The summed E-state index contributed by atoms with van der Waals surface area (Å²) in [7, 11) is 0. The molecule has 3 atom stereocenters. The van der Waals surface area contributed by atoms with Crippen molar-refractivity contribution in [1.82, 2.24) is 15.4 Å². The smallest absolute Gasteiger partial charge is 0.262 e. The van der Waals surface area contributed by atoms with Gasteiger partial charge in [0.05, 0.1) is 40.5 Å². The molecule has 2 unspecified atom stereocenters. The maximum atomic E-state index is 13.4. The van der Waals surface area contributed by atoms with E-state index < -0.39 is 29.7 Å². The number of aryl methyl sites for hydroxylation is 3. The van der Waals surface area contributed by atoms with E-state index in [0.717, 1.165) is 74.9 Å². The summed E-state index contributed by atoms with van der Waals surface area (Å²) in [5.74, 6) is -1.31. The molecule has 276 valence electrons. The molecule has 0 bridgehead atoms. The molecular weight excluding hydrogens is 684 g/mol. The molecule has 3 fully saturated rings. The first kappa shape index (κ1) is 35.2. The lowest BCUT2D eigenvalue weighted by atomic mass is 9.97. The van der Waals surface area contributed by atoms with Gasteiger partial charge in [0, 0.05) is 48.7 Å². The number of rotatable bonds is 10. The van der Waals surface area contributed by atoms with Gasteiger partial charge >= 0.3 is 0 Å². The van der Waals surface area contributed by atoms with Crippen LogP contribution in [0.5, 0.6) is 0 Å². The van der Waals surface area contributed by atoms with Crippen LogP contribution in [-0.4, -0.2) is 71.6 Å². The van der Waals surface area contributed by atoms with Crippen LogP contribution in [0.3, 0.4) is 0 Å². The number of imide groups is 2. The summed E-state index contributed by atoms with van der Waals surface area (Å²) >= 11 is 0. The Morgan fingerprint density at radius 3 is 2.44 bits per heavy atom. The first-order chi connectivity index (χ1) is 26.0. The zero-order valence-corrected chi connectivity index (χ0v) is 30.8. The molecule has 1 aromatic heterocycles.